The third-order valence-corrected chi connectivity index (χ3v) is 4.82. The van der Waals surface area contributed by atoms with Gasteiger partial charge in [-0.1, -0.05) is 42.5 Å². The molecule has 4 heteroatoms. The summed E-state index contributed by atoms with van der Waals surface area (Å²) in [6.07, 6.45) is 1.75. The molecule has 0 saturated heterocycles. The van der Waals surface area contributed by atoms with Crippen LogP contribution in [0.4, 0.5) is 0 Å². The van der Waals surface area contributed by atoms with Gasteiger partial charge < -0.3 is 9.47 Å². The van der Waals surface area contributed by atoms with Crippen LogP contribution in [0.5, 0.6) is 0 Å². The lowest BCUT2D eigenvalue weighted by Crippen LogP contribution is -2.34. The van der Waals surface area contributed by atoms with Gasteiger partial charge in [0.25, 0.3) is 0 Å². The quantitative estimate of drug-likeness (QED) is 0.724. The normalized spacial score (nSPS) is 17.5. The number of benzene rings is 2. The maximum atomic E-state index is 12.3. The molecule has 2 heterocycles. The summed E-state index contributed by atoms with van der Waals surface area (Å²) in [5.41, 5.74) is 3.40. The highest BCUT2D eigenvalue weighted by Crippen LogP contribution is 2.31. The molecule has 1 aliphatic heterocycles. The van der Waals surface area contributed by atoms with E-state index in [-0.39, 0.29) is 11.9 Å². The fourth-order valence-electron chi connectivity index (χ4n) is 3.69. The van der Waals surface area contributed by atoms with Crippen molar-refractivity contribution in [3.63, 3.8) is 0 Å². The number of aryl methyl sites for hydroxylation is 1. The molecule has 4 rings (SSSR count). The highest BCUT2D eigenvalue weighted by molar-refractivity contribution is 5.77. The van der Waals surface area contributed by atoms with Crippen LogP contribution in [0, 0.1) is 0 Å². The summed E-state index contributed by atoms with van der Waals surface area (Å²) in [5, 5.41) is 0. The Bertz CT molecular complexity index is 869. The number of para-hydroxylation sites is 2. The smallest absolute Gasteiger partial charge is 0.220 e. The lowest BCUT2D eigenvalue weighted by molar-refractivity contribution is -0.131. The Morgan fingerprint density at radius 2 is 1.83 bits per heavy atom. The van der Waals surface area contributed by atoms with Crippen molar-refractivity contribution in [2.45, 2.75) is 32.4 Å². The number of fused-ring (bicyclic) bond motifs is 3. The molecule has 1 unspecified atom stereocenters. The second-order valence-corrected chi connectivity index (χ2v) is 6.38. The van der Waals surface area contributed by atoms with Crippen LogP contribution in [0.3, 0.4) is 0 Å². The fraction of sp³-hybridized carbons (Fsp3) is 0.300. The Labute approximate surface area is 141 Å². The van der Waals surface area contributed by atoms with Gasteiger partial charge in [0, 0.05) is 26.4 Å². The minimum atomic E-state index is -0.0141. The van der Waals surface area contributed by atoms with E-state index in [0.29, 0.717) is 0 Å². The molecule has 0 saturated carbocycles. The average Bonchev–Trinajstić information content (AvgIpc) is 2.87. The summed E-state index contributed by atoms with van der Waals surface area (Å²) >= 11 is 0. The maximum absolute atomic E-state index is 12.3. The van der Waals surface area contributed by atoms with Crippen molar-refractivity contribution in [2.24, 2.45) is 0 Å². The topological polar surface area (TPSA) is 38.1 Å². The molecular weight excluding hydrogens is 298 g/mol. The molecule has 0 fully saturated rings. The Kier molecular flexibility index (Phi) is 3.81. The van der Waals surface area contributed by atoms with E-state index in [1.54, 1.807) is 6.92 Å². The van der Waals surface area contributed by atoms with E-state index in [2.05, 4.69) is 34.9 Å². The molecule has 0 radical (unpaired) electrons. The fourth-order valence-corrected chi connectivity index (χ4v) is 3.69. The molecule has 1 amide bonds. The van der Waals surface area contributed by atoms with Gasteiger partial charge in [-0.25, -0.2) is 4.98 Å². The molecular formula is C20H21N3O. The van der Waals surface area contributed by atoms with Crippen LogP contribution in [0.15, 0.2) is 54.6 Å². The zero-order valence-electron chi connectivity index (χ0n) is 13.9. The number of nitrogens with zero attached hydrogens (tertiary/aromatic N) is 3. The molecule has 0 N–H and O–H groups in total. The van der Waals surface area contributed by atoms with Crippen molar-refractivity contribution in [2.75, 3.05) is 6.54 Å². The number of amides is 1. The number of aromatic nitrogens is 2. The van der Waals surface area contributed by atoms with Gasteiger partial charge >= 0.3 is 0 Å². The minimum Gasteiger partial charge on any atom is -0.332 e. The number of imidazole rings is 1. The van der Waals surface area contributed by atoms with Crippen LogP contribution in [0.25, 0.3) is 11.0 Å². The monoisotopic (exact) mass is 319 g/mol. The van der Waals surface area contributed by atoms with Gasteiger partial charge in [0.05, 0.1) is 17.1 Å². The third-order valence-electron chi connectivity index (χ3n) is 4.82. The Morgan fingerprint density at radius 1 is 1.08 bits per heavy atom. The van der Waals surface area contributed by atoms with Gasteiger partial charge in [-0.3, -0.25) is 4.79 Å². The number of carbonyl (C=O) groups is 1. The van der Waals surface area contributed by atoms with E-state index in [9.17, 15) is 4.79 Å². The highest BCUT2D eigenvalue weighted by atomic mass is 16.2. The summed E-state index contributed by atoms with van der Waals surface area (Å²) in [5.74, 6) is 1.13. The number of hydrogen-bond donors (Lipinski definition) is 0. The molecule has 3 aromatic rings. The molecule has 0 spiro atoms. The second kappa shape index (κ2) is 6.11. The van der Waals surface area contributed by atoms with E-state index in [4.69, 9.17) is 4.98 Å². The first-order valence-corrected chi connectivity index (χ1v) is 8.50. The van der Waals surface area contributed by atoms with Crippen LogP contribution in [-0.2, 0) is 17.8 Å². The van der Waals surface area contributed by atoms with Gasteiger partial charge in [-0.15, -0.1) is 0 Å². The summed E-state index contributed by atoms with van der Waals surface area (Å²) < 4.78 is 2.30. The van der Waals surface area contributed by atoms with E-state index in [1.165, 1.54) is 5.56 Å². The van der Waals surface area contributed by atoms with Crippen LogP contribution < -0.4 is 0 Å². The van der Waals surface area contributed by atoms with Crippen LogP contribution in [0.1, 0.15) is 30.8 Å². The summed E-state index contributed by atoms with van der Waals surface area (Å²) in [6, 6.07) is 18.6. The van der Waals surface area contributed by atoms with Gasteiger partial charge in [0.15, 0.2) is 0 Å². The van der Waals surface area contributed by atoms with Crippen molar-refractivity contribution in [3.8, 4) is 0 Å². The van der Waals surface area contributed by atoms with Crippen LogP contribution in [0.2, 0.25) is 0 Å². The van der Waals surface area contributed by atoms with E-state index < -0.39 is 0 Å². The van der Waals surface area contributed by atoms with E-state index >= 15 is 0 Å². The predicted molar refractivity (Wildman–Crippen MR) is 94.6 cm³/mol. The summed E-state index contributed by atoms with van der Waals surface area (Å²) in [7, 11) is 0. The SMILES string of the molecule is CC(=O)N1CCCn2c(nc3ccccc32)C1Cc1ccccc1. The number of rotatable bonds is 2. The Balaban J connectivity index is 1.84. The first kappa shape index (κ1) is 14.9. The second-order valence-electron chi connectivity index (χ2n) is 6.38. The zero-order valence-corrected chi connectivity index (χ0v) is 13.9. The summed E-state index contributed by atoms with van der Waals surface area (Å²) in [6.45, 7) is 3.35. The number of hydrogen-bond acceptors (Lipinski definition) is 2. The van der Waals surface area contributed by atoms with Gasteiger partial charge in [0.2, 0.25) is 5.91 Å². The van der Waals surface area contributed by atoms with E-state index in [0.717, 1.165) is 42.8 Å². The molecule has 2 aromatic carbocycles. The predicted octanol–water partition coefficient (Wildman–Crippen LogP) is 3.57. The lowest BCUT2D eigenvalue weighted by atomic mass is 10.0. The van der Waals surface area contributed by atoms with Crippen molar-refractivity contribution in [1.82, 2.24) is 14.5 Å². The molecule has 122 valence electrons. The van der Waals surface area contributed by atoms with Gasteiger partial charge in [-0.05, 0) is 24.1 Å². The molecule has 24 heavy (non-hydrogen) atoms. The average molecular weight is 319 g/mol. The Hall–Kier alpha value is -2.62. The van der Waals surface area contributed by atoms with Crippen molar-refractivity contribution < 1.29 is 4.79 Å². The van der Waals surface area contributed by atoms with Gasteiger partial charge in [0.1, 0.15) is 5.82 Å². The molecule has 4 nitrogen and oxygen atoms in total. The minimum absolute atomic E-state index is 0.0141. The summed E-state index contributed by atoms with van der Waals surface area (Å²) in [4.78, 5) is 19.1. The van der Waals surface area contributed by atoms with Crippen molar-refractivity contribution in [3.05, 3.63) is 66.0 Å². The van der Waals surface area contributed by atoms with Crippen LogP contribution in [-0.4, -0.2) is 26.9 Å². The molecule has 0 aliphatic carbocycles. The first-order valence-electron chi connectivity index (χ1n) is 8.50. The van der Waals surface area contributed by atoms with E-state index in [1.807, 2.05) is 29.2 Å². The Morgan fingerprint density at radius 3 is 2.62 bits per heavy atom. The lowest BCUT2D eigenvalue weighted by Gasteiger charge is -2.28. The molecule has 0 bridgehead atoms. The first-order chi connectivity index (χ1) is 11.7. The molecule has 1 aromatic heterocycles. The van der Waals surface area contributed by atoms with Crippen molar-refractivity contribution in [1.29, 1.82) is 0 Å². The standard InChI is InChI=1S/C20H21N3O/c1-15(24)22-12-7-13-23-18-11-6-5-10-17(18)21-20(23)19(22)14-16-8-3-2-4-9-16/h2-6,8-11,19H,7,12-14H2,1H3. The maximum Gasteiger partial charge on any atom is 0.220 e. The van der Waals surface area contributed by atoms with Crippen molar-refractivity contribution >= 4 is 16.9 Å². The molecule has 1 aliphatic rings. The molecule has 1 atom stereocenters. The highest BCUT2D eigenvalue weighted by Gasteiger charge is 2.30. The zero-order chi connectivity index (χ0) is 16.5. The largest absolute Gasteiger partial charge is 0.332 e. The van der Waals surface area contributed by atoms with Crippen LogP contribution >= 0.6 is 0 Å². The van der Waals surface area contributed by atoms with Gasteiger partial charge in [-0.2, -0.15) is 0 Å². The number of carbonyl (C=O) groups excluding carboxylic acids is 1. The third kappa shape index (κ3) is 2.58.